The van der Waals surface area contributed by atoms with Gasteiger partial charge < -0.3 is 14.7 Å². The lowest BCUT2D eigenvalue weighted by molar-refractivity contribution is -0.117. The second kappa shape index (κ2) is 9.30. The average molecular weight is 478 g/mol. The van der Waals surface area contributed by atoms with Crippen LogP contribution in [-0.2, 0) is 4.79 Å². The smallest absolute Gasteiger partial charge is 0.292 e. The van der Waals surface area contributed by atoms with E-state index in [-0.39, 0.29) is 22.4 Å². The number of carbonyl (C=O) groups excluding carboxylic acids is 2. The van der Waals surface area contributed by atoms with Gasteiger partial charge in [0.05, 0.1) is 17.6 Å². The van der Waals surface area contributed by atoms with Crippen molar-refractivity contribution in [2.45, 2.75) is 12.8 Å². The molecule has 9 heteroatoms. The van der Waals surface area contributed by atoms with Gasteiger partial charge in [-0.05, 0) is 42.8 Å². The van der Waals surface area contributed by atoms with E-state index in [2.05, 4.69) is 5.10 Å². The van der Waals surface area contributed by atoms with E-state index < -0.39 is 0 Å². The number of halogens is 1. The summed E-state index contributed by atoms with van der Waals surface area (Å²) in [6.45, 7) is 2.82. The highest BCUT2D eigenvalue weighted by Gasteiger charge is 2.26. The molecule has 2 aliphatic rings. The molecule has 0 unspecified atom stereocenters. The number of nitrogens with zero attached hydrogens (tertiary/aromatic N) is 5. The lowest BCUT2D eigenvalue weighted by Gasteiger charge is -2.36. The van der Waals surface area contributed by atoms with Crippen LogP contribution in [0.25, 0.3) is 5.69 Å². The van der Waals surface area contributed by atoms with Gasteiger partial charge in [0, 0.05) is 50.4 Å². The Hall–Kier alpha value is -3.65. The minimum atomic E-state index is -0.375. The maximum Gasteiger partial charge on any atom is 0.292 e. The average Bonchev–Trinajstić information content (AvgIpc) is 3.32. The quantitative estimate of drug-likeness (QED) is 0.577. The number of benzene rings is 2. The van der Waals surface area contributed by atoms with Gasteiger partial charge in [0.1, 0.15) is 5.02 Å². The summed E-state index contributed by atoms with van der Waals surface area (Å²) in [5.74, 6) is 0.0717. The van der Waals surface area contributed by atoms with E-state index in [1.54, 1.807) is 40.3 Å². The van der Waals surface area contributed by atoms with E-state index in [9.17, 15) is 14.4 Å². The Bertz CT molecular complexity index is 1270. The van der Waals surface area contributed by atoms with E-state index in [4.69, 9.17) is 11.6 Å². The number of rotatable bonds is 4. The van der Waals surface area contributed by atoms with Crippen molar-refractivity contribution in [3.8, 4) is 5.69 Å². The first-order valence-corrected chi connectivity index (χ1v) is 11.7. The lowest BCUT2D eigenvalue weighted by Crippen LogP contribution is -2.49. The first-order chi connectivity index (χ1) is 16.5. The summed E-state index contributed by atoms with van der Waals surface area (Å²) in [7, 11) is 0. The molecule has 0 aliphatic carbocycles. The third-order valence-corrected chi connectivity index (χ3v) is 6.66. The van der Waals surface area contributed by atoms with Crippen molar-refractivity contribution in [3.63, 3.8) is 0 Å². The summed E-state index contributed by atoms with van der Waals surface area (Å²) in [5.41, 5.74) is 2.27. The molecule has 2 amide bonds. The molecule has 3 aromatic rings. The molecule has 0 atom stereocenters. The molecule has 8 nitrogen and oxygen atoms in total. The number of hydrogen-bond donors (Lipinski definition) is 0. The van der Waals surface area contributed by atoms with Crippen LogP contribution in [-0.4, -0.2) is 59.2 Å². The fourth-order valence-corrected chi connectivity index (χ4v) is 4.68. The Balaban J connectivity index is 1.25. The zero-order valence-corrected chi connectivity index (χ0v) is 19.3. The lowest BCUT2D eigenvalue weighted by atomic mass is 10.1. The van der Waals surface area contributed by atoms with E-state index in [1.807, 2.05) is 35.2 Å². The minimum Gasteiger partial charge on any atom is -0.365 e. The van der Waals surface area contributed by atoms with Crippen molar-refractivity contribution in [3.05, 3.63) is 81.7 Å². The molecule has 0 bridgehead atoms. The van der Waals surface area contributed by atoms with Crippen LogP contribution in [0, 0.1) is 0 Å². The number of carbonyl (C=O) groups is 2. The van der Waals surface area contributed by atoms with Crippen LogP contribution in [0.2, 0.25) is 5.02 Å². The molecule has 5 rings (SSSR count). The first-order valence-electron chi connectivity index (χ1n) is 11.3. The fraction of sp³-hybridized carbons (Fsp3) is 0.280. The Kier molecular flexibility index (Phi) is 6.06. The third kappa shape index (κ3) is 4.17. The molecule has 34 heavy (non-hydrogen) atoms. The number of anilines is 2. The summed E-state index contributed by atoms with van der Waals surface area (Å²) >= 11 is 6.43. The topological polar surface area (TPSA) is 78.8 Å². The van der Waals surface area contributed by atoms with Gasteiger partial charge in [0.15, 0.2) is 0 Å². The second-order valence-electron chi connectivity index (χ2n) is 8.37. The van der Waals surface area contributed by atoms with Crippen LogP contribution < -0.4 is 15.4 Å². The van der Waals surface area contributed by atoms with E-state index >= 15 is 0 Å². The normalized spacial score (nSPS) is 16.3. The molecule has 1 aromatic heterocycles. The molecule has 2 aromatic carbocycles. The molecule has 2 aliphatic heterocycles. The standard InChI is InChI=1S/C25H24ClN5O3/c26-23-21(17-27-31(25(23)34)20-5-2-1-3-6-20)28-13-15-29(16-14-28)24(33)18-8-10-19(11-9-18)30-12-4-7-22(30)32/h1-3,5-6,8-11,17H,4,7,12-16H2. The molecule has 2 fully saturated rings. The molecule has 2 saturated heterocycles. The van der Waals surface area contributed by atoms with Gasteiger partial charge in [-0.1, -0.05) is 29.8 Å². The van der Waals surface area contributed by atoms with Crippen LogP contribution in [0.3, 0.4) is 0 Å². The Morgan fingerprint density at radius 2 is 1.56 bits per heavy atom. The molecular formula is C25H24ClN5O3. The number of para-hydroxylation sites is 1. The number of hydrogen-bond acceptors (Lipinski definition) is 5. The van der Waals surface area contributed by atoms with E-state index in [0.29, 0.717) is 49.5 Å². The van der Waals surface area contributed by atoms with Crippen LogP contribution >= 0.6 is 11.6 Å². The van der Waals surface area contributed by atoms with Crippen molar-refractivity contribution in [2.24, 2.45) is 0 Å². The van der Waals surface area contributed by atoms with Crippen LogP contribution in [0.1, 0.15) is 23.2 Å². The Labute approximate surface area is 202 Å². The molecule has 0 radical (unpaired) electrons. The predicted molar refractivity (Wildman–Crippen MR) is 131 cm³/mol. The minimum absolute atomic E-state index is 0.0531. The van der Waals surface area contributed by atoms with Crippen molar-refractivity contribution in [1.29, 1.82) is 0 Å². The van der Waals surface area contributed by atoms with Crippen molar-refractivity contribution < 1.29 is 9.59 Å². The zero-order chi connectivity index (χ0) is 23.7. The van der Waals surface area contributed by atoms with Gasteiger partial charge >= 0.3 is 0 Å². The maximum atomic E-state index is 13.0. The molecule has 3 heterocycles. The number of aromatic nitrogens is 2. The maximum absolute atomic E-state index is 13.0. The fourth-order valence-electron chi connectivity index (χ4n) is 4.44. The van der Waals surface area contributed by atoms with Gasteiger partial charge in [0.25, 0.3) is 11.5 Å². The molecular weight excluding hydrogens is 454 g/mol. The highest BCUT2D eigenvalue weighted by Crippen LogP contribution is 2.25. The second-order valence-corrected chi connectivity index (χ2v) is 8.75. The van der Waals surface area contributed by atoms with Crippen LogP contribution in [0.5, 0.6) is 0 Å². The molecule has 0 spiro atoms. The highest BCUT2D eigenvalue weighted by atomic mass is 35.5. The molecule has 0 saturated carbocycles. The van der Waals surface area contributed by atoms with E-state index in [1.165, 1.54) is 4.68 Å². The van der Waals surface area contributed by atoms with Crippen molar-refractivity contribution >= 4 is 34.8 Å². The van der Waals surface area contributed by atoms with Crippen molar-refractivity contribution in [1.82, 2.24) is 14.7 Å². The number of amides is 2. The first kappa shape index (κ1) is 22.2. The summed E-state index contributed by atoms with van der Waals surface area (Å²) in [6.07, 6.45) is 3.05. The summed E-state index contributed by atoms with van der Waals surface area (Å²) in [5, 5.41) is 4.42. The SMILES string of the molecule is O=C(c1ccc(N2CCCC2=O)cc1)N1CCN(c2cnn(-c3ccccc3)c(=O)c2Cl)CC1. The molecule has 174 valence electrons. The van der Waals surface area contributed by atoms with Gasteiger partial charge in [-0.25, -0.2) is 0 Å². The van der Waals surface area contributed by atoms with Gasteiger partial charge in [-0.3, -0.25) is 14.4 Å². The van der Waals surface area contributed by atoms with Crippen LogP contribution in [0.4, 0.5) is 11.4 Å². The summed E-state index contributed by atoms with van der Waals surface area (Å²) < 4.78 is 1.28. The Morgan fingerprint density at radius 1 is 0.853 bits per heavy atom. The van der Waals surface area contributed by atoms with Gasteiger partial charge in [-0.15, -0.1) is 0 Å². The third-order valence-electron chi connectivity index (χ3n) is 6.31. The Morgan fingerprint density at radius 3 is 2.21 bits per heavy atom. The predicted octanol–water partition coefficient (Wildman–Crippen LogP) is 2.98. The van der Waals surface area contributed by atoms with Crippen molar-refractivity contribution in [2.75, 3.05) is 42.5 Å². The van der Waals surface area contributed by atoms with Crippen LogP contribution in [0.15, 0.2) is 65.6 Å². The van der Waals surface area contributed by atoms with Gasteiger partial charge in [0.2, 0.25) is 5.91 Å². The highest BCUT2D eigenvalue weighted by molar-refractivity contribution is 6.33. The number of piperazine rings is 1. The van der Waals surface area contributed by atoms with E-state index in [0.717, 1.165) is 18.7 Å². The largest absolute Gasteiger partial charge is 0.365 e. The molecule has 0 N–H and O–H groups in total. The summed E-state index contributed by atoms with van der Waals surface area (Å²) in [4.78, 5) is 43.3. The zero-order valence-electron chi connectivity index (χ0n) is 18.6. The monoisotopic (exact) mass is 477 g/mol. The summed E-state index contributed by atoms with van der Waals surface area (Å²) in [6, 6.07) is 16.4. The van der Waals surface area contributed by atoms with Gasteiger partial charge in [-0.2, -0.15) is 9.78 Å².